The molecule has 2 aromatic carbocycles. The van der Waals surface area contributed by atoms with Gasteiger partial charge < -0.3 is 10.6 Å². The number of rotatable bonds is 6. The maximum Gasteiger partial charge on any atom is 0.255 e. The maximum absolute atomic E-state index is 12.7. The molecule has 1 saturated carbocycles. The fourth-order valence-electron chi connectivity index (χ4n) is 3.18. The van der Waals surface area contributed by atoms with Crippen molar-refractivity contribution in [1.82, 2.24) is 4.98 Å². The van der Waals surface area contributed by atoms with Crippen molar-refractivity contribution in [2.75, 3.05) is 10.6 Å². The van der Waals surface area contributed by atoms with Crippen molar-refractivity contribution in [3.8, 4) is 0 Å². The Morgan fingerprint density at radius 3 is 2.60 bits per heavy atom. The first-order chi connectivity index (χ1) is 14.4. The molecule has 2 unspecified atom stereocenters. The van der Waals surface area contributed by atoms with E-state index in [0.29, 0.717) is 17.2 Å². The molecule has 7 heteroatoms. The van der Waals surface area contributed by atoms with Crippen LogP contribution in [0.25, 0.3) is 0 Å². The molecule has 0 saturated heterocycles. The van der Waals surface area contributed by atoms with Crippen LogP contribution in [0.4, 0.5) is 11.4 Å². The minimum absolute atomic E-state index is 0.0272. The van der Waals surface area contributed by atoms with E-state index in [1.807, 2.05) is 37.4 Å². The topological polar surface area (TPSA) is 71.1 Å². The number of nitrogens with zero attached hydrogens (tertiary/aromatic N) is 1. The molecule has 154 valence electrons. The lowest BCUT2D eigenvalue weighted by molar-refractivity contribution is -0.117. The normalized spacial score (nSPS) is 17.4. The summed E-state index contributed by atoms with van der Waals surface area (Å²) in [5.74, 6) is 0.361. The predicted molar refractivity (Wildman–Crippen MR) is 122 cm³/mol. The third-order valence-corrected chi connectivity index (χ3v) is 7.13. The summed E-state index contributed by atoms with van der Waals surface area (Å²) in [5.41, 5.74) is 3.92. The quantitative estimate of drug-likeness (QED) is 0.514. The first-order valence-electron chi connectivity index (χ1n) is 9.82. The second kappa shape index (κ2) is 8.62. The lowest BCUT2D eigenvalue weighted by atomic mass is 10.1. The average Bonchev–Trinajstić information content (AvgIpc) is 3.31. The highest BCUT2D eigenvalue weighted by Crippen LogP contribution is 2.38. The monoisotopic (exact) mass is 437 g/mol. The van der Waals surface area contributed by atoms with E-state index < -0.39 is 0 Å². The van der Waals surface area contributed by atoms with E-state index in [9.17, 15) is 9.59 Å². The van der Waals surface area contributed by atoms with E-state index >= 15 is 0 Å². The summed E-state index contributed by atoms with van der Waals surface area (Å²) in [5, 5.41) is 7.91. The SMILES string of the molecule is Cc1csc(Sc2ccc(NC(=O)c3cccc(NC(=O)C4CC4C)c3)c(C)c2)n1. The van der Waals surface area contributed by atoms with Crippen LogP contribution in [-0.2, 0) is 4.79 Å². The third-order valence-electron chi connectivity index (χ3n) is 5.09. The summed E-state index contributed by atoms with van der Waals surface area (Å²) in [6.45, 7) is 6.02. The van der Waals surface area contributed by atoms with E-state index in [1.165, 1.54) is 0 Å². The standard InChI is InChI=1S/C23H23N3O2S2/c1-13-10-19(13)22(28)25-17-6-4-5-16(11-17)21(27)26-20-8-7-18(9-14(20)2)30-23-24-15(3)12-29-23/h4-9,11-13,19H,10H2,1-3H3,(H,25,28)(H,26,27). The second-order valence-corrected chi connectivity index (χ2v) is 9.86. The van der Waals surface area contributed by atoms with Gasteiger partial charge in [-0.25, -0.2) is 4.98 Å². The van der Waals surface area contributed by atoms with Gasteiger partial charge in [0.15, 0.2) is 4.34 Å². The summed E-state index contributed by atoms with van der Waals surface area (Å²) in [6, 6.07) is 13.0. The first-order valence-corrected chi connectivity index (χ1v) is 11.5. The van der Waals surface area contributed by atoms with E-state index in [1.54, 1.807) is 47.4 Å². The molecule has 1 heterocycles. The Labute approximate surface area is 184 Å². The van der Waals surface area contributed by atoms with E-state index in [4.69, 9.17) is 0 Å². The van der Waals surface area contributed by atoms with Crippen molar-refractivity contribution in [3.05, 3.63) is 64.7 Å². The van der Waals surface area contributed by atoms with Crippen LogP contribution in [0.2, 0.25) is 0 Å². The molecule has 2 atom stereocenters. The van der Waals surface area contributed by atoms with Gasteiger partial charge >= 0.3 is 0 Å². The predicted octanol–water partition coefficient (Wildman–Crippen LogP) is 5.76. The van der Waals surface area contributed by atoms with Crippen LogP contribution in [-0.4, -0.2) is 16.8 Å². The van der Waals surface area contributed by atoms with Crippen molar-refractivity contribution in [2.45, 2.75) is 36.4 Å². The highest BCUT2D eigenvalue weighted by molar-refractivity contribution is 8.01. The molecule has 0 aliphatic heterocycles. The molecular formula is C23H23N3O2S2. The lowest BCUT2D eigenvalue weighted by Crippen LogP contribution is -2.16. The molecule has 1 aliphatic carbocycles. The fraction of sp³-hybridized carbons (Fsp3) is 0.261. The lowest BCUT2D eigenvalue weighted by Gasteiger charge is -2.11. The number of carbonyl (C=O) groups is 2. The highest BCUT2D eigenvalue weighted by Gasteiger charge is 2.39. The summed E-state index contributed by atoms with van der Waals surface area (Å²) in [6.07, 6.45) is 0.932. The van der Waals surface area contributed by atoms with Crippen LogP contribution >= 0.6 is 23.1 Å². The molecule has 2 amide bonds. The molecule has 1 aromatic heterocycles. The minimum Gasteiger partial charge on any atom is -0.326 e. The highest BCUT2D eigenvalue weighted by atomic mass is 32.2. The van der Waals surface area contributed by atoms with Crippen molar-refractivity contribution in [1.29, 1.82) is 0 Å². The van der Waals surface area contributed by atoms with E-state index in [2.05, 4.69) is 22.5 Å². The summed E-state index contributed by atoms with van der Waals surface area (Å²) in [7, 11) is 0. The van der Waals surface area contributed by atoms with Crippen molar-refractivity contribution in [3.63, 3.8) is 0 Å². The Morgan fingerprint density at radius 1 is 1.13 bits per heavy atom. The van der Waals surface area contributed by atoms with Gasteiger partial charge in [-0.05, 0) is 68.1 Å². The number of hydrogen-bond acceptors (Lipinski definition) is 5. The Kier molecular flexibility index (Phi) is 5.92. The molecule has 30 heavy (non-hydrogen) atoms. The Balaban J connectivity index is 1.42. The summed E-state index contributed by atoms with van der Waals surface area (Å²) < 4.78 is 1.00. The molecule has 0 spiro atoms. The summed E-state index contributed by atoms with van der Waals surface area (Å²) in [4.78, 5) is 30.5. The first kappa shape index (κ1) is 20.6. The number of benzene rings is 2. The van der Waals surface area contributed by atoms with Crippen LogP contribution in [0.3, 0.4) is 0 Å². The van der Waals surface area contributed by atoms with Crippen LogP contribution < -0.4 is 10.6 Å². The zero-order chi connectivity index (χ0) is 21.3. The summed E-state index contributed by atoms with van der Waals surface area (Å²) >= 11 is 3.24. The minimum atomic E-state index is -0.204. The molecule has 1 aliphatic rings. The van der Waals surface area contributed by atoms with Gasteiger partial charge in [0, 0.05) is 38.8 Å². The van der Waals surface area contributed by atoms with Crippen molar-refractivity contribution in [2.24, 2.45) is 11.8 Å². The van der Waals surface area contributed by atoms with Gasteiger partial charge in [0.25, 0.3) is 5.91 Å². The van der Waals surface area contributed by atoms with Crippen molar-refractivity contribution < 1.29 is 9.59 Å². The van der Waals surface area contributed by atoms with E-state index in [-0.39, 0.29) is 17.7 Å². The number of carbonyl (C=O) groups excluding carboxylic acids is 2. The Bertz CT molecular complexity index is 1110. The number of aromatic nitrogens is 1. The van der Waals surface area contributed by atoms with Gasteiger partial charge in [0.1, 0.15) is 0 Å². The number of nitrogens with one attached hydrogen (secondary N) is 2. The molecule has 0 bridgehead atoms. The number of aryl methyl sites for hydroxylation is 2. The number of hydrogen-bond donors (Lipinski definition) is 2. The second-order valence-electron chi connectivity index (χ2n) is 7.68. The van der Waals surface area contributed by atoms with Crippen LogP contribution in [0.1, 0.15) is 35.0 Å². The number of amides is 2. The molecule has 5 nitrogen and oxygen atoms in total. The number of anilines is 2. The van der Waals surface area contributed by atoms with Crippen LogP contribution in [0, 0.1) is 25.7 Å². The van der Waals surface area contributed by atoms with Gasteiger partial charge in [0.05, 0.1) is 0 Å². The molecular weight excluding hydrogens is 414 g/mol. The van der Waals surface area contributed by atoms with Gasteiger partial charge in [-0.15, -0.1) is 11.3 Å². The molecule has 2 N–H and O–H groups in total. The smallest absolute Gasteiger partial charge is 0.255 e. The fourth-order valence-corrected chi connectivity index (χ4v) is 5.08. The maximum atomic E-state index is 12.7. The molecule has 4 rings (SSSR count). The zero-order valence-electron chi connectivity index (χ0n) is 17.1. The Morgan fingerprint density at radius 2 is 1.93 bits per heavy atom. The van der Waals surface area contributed by atoms with Crippen molar-refractivity contribution >= 4 is 46.3 Å². The van der Waals surface area contributed by atoms with E-state index in [0.717, 1.165) is 32.6 Å². The Hall–Kier alpha value is -2.64. The molecule has 1 fully saturated rings. The van der Waals surface area contributed by atoms with Crippen LogP contribution in [0.15, 0.2) is 57.1 Å². The molecule has 3 aromatic rings. The van der Waals surface area contributed by atoms with Gasteiger partial charge in [0.2, 0.25) is 5.91 Å². The zero-order valence-corrected chi connectivity index (χ0v) is 18.7. The van der Waals surface area contributed by atoms with Crippen LogP contribution in [0.5, 0.6) is 0 Å². The van der Waals surface area contributed by atoms with Gasteiger partial charge in [-0.3, -0.25) is 9.59 Å². The molecule has 0 radical (unpaired) electrons. The average molecular weight is 438 g/mol. The largest absolute Gasteiger partial charge is 0.326 e. The third kappa shape index (κ3) is 4.91. The number of thiazole rings is 1. The van der Waals surface area contributed by atoms with Gasteiger partial charge in [-0.1, -0.05) is 24.8 Å². The van der Waals surface area contributed by atoms with Gasteiger partial charge in [-0.2, -0.15) is 0 Å².